The average Bonchev–Trinajstić information content (AvgIpc) is 2.84. The van der Waals surface area contributed by atoms with Crippen LogP contribution >= 0.6 is 11.6 Å². The molecule has 1 spiro atoms. The zero-order chi connectivity index (χ0) is 19.8. The largest absolute Gasteiger partial charge is 0.325 e. The van der Waals surface area contributed by atoms with Gasteiger partial charge in [0.25, 0.3) is 11.6 Å². The zero-order valence-electron chi connectivity index (χ0n) is 14.7. The Balaban J connectivity index is 1.74. The maximum Gasteiger partial charge on any atom is 0.325 e. The topological polar surface area (TPSA) is 122 Å². The predicted molar refractivity (Wildman–Crippen MR) is 97.3 cm³/mol. The van der Waals surface area contributed by atoms with Gasteiger partial charge in [0.1, 0.15) is 17.8 Å². The first-order valence-electron chi connectivity index (χ1n) is 8.62. The van der Waals surface area contributed by atoms with Crippen molar-refractivity contribution in [2.24, 2.45) is 5.92 Å². The van der Waals surface area contributed by atoms with E-state index in [1.807, 2.05) is 6.92 Å². The number of urea groups is 1. The van der Waals surface area contributed by atoms with Crippen LogP contribution in [0.3, 0.4) is 0 Å². The molecule has 1 aromatic carbocycles. The Labute approximate surface area is 160 Å². The molecule has 2 aliphatic rings. The molecule has 1 saturated heterocycles. The third-order valence-corrected chi connectivity index (χ3v) is 5.47. The molecule has 0 bridgehead atoms. The molecule has 10 heteroatoms. The van der Waals surface area contributed by atoms with Gasteiger partial charge in [-0.05, 0) is 30.9 Å². The van der Waals surface area contributed by atoms with Crippen molar-refractivity contribution in [3.63, 3.8) is 0 Å². The van der Waals surface area contributed by atoms with Crippen LogP contribution < -0.4 is 10.6 Å². The summed E-state index contributed by atoms with van der Waals surface area (Å²) < 4.78 is 0. The molecular formula is C17H19ClN4O5. The fourth-order valence-electron chi connectivity index (χ4n) is 3.73. The van der Waals surface area contributed by atoms with E-state index >= 15 is 0 Å². The van der Waals surface area contributed by atoms with Gasteiger partial charge in [0.2, 0.25) is 5.91 Å². The molecular weight excluding hydrogens is 376 g/mol. The van der Waals surface area contributed by atoms with Gasteiger partial charge in [-0.2, -0.15) is 0 Å². The molecule has 0 aromatic heterocycles. The number of nitrogens with one attached hydrogen (secondary N) is 2. The van der Waals surface area contributed by atoms with Gasteiger partial charge in [-0.25, -0.2) is 4.79 Å². The lowest BCUT2D eigenvalue weighted by Gasteiger charge is -2.36. The molecule has 3 rings (SSSR count). The Morgan fingerprint density at radius 2 is 2.19 bits per heavy atom. The Bertz CT molecular complexity index is 830. The lowest BCUT2D eigenvalue weighted by molar-refractivity contribution is -0.383. The normalized spacial score (nSPS) is 24.8. The highest BCUT2D eigenvalue weighted by Crippen LogP contribution is 2.38. The van der Waals surface area contributed by atoms with Crippen molar-refractivity contribution in [2.75, 3.05) is 11.9 Å². The van der Waals surface area contributed by atoms with Gasteiger partial charge in [-0.1, -0.05) is 31.4 Å². The Morgan fingerprint density at radius 1 is 1.44 bits per heavy atom. The number of carbonyl (C=O) groups is 3. The second kappa shape index (κ2) is 7.15. The third-order valence-electron chi connectivity index (χ3n) is 5.23. The number of nitro benzene ring substituents is 1. The molecule has 0 radical (unpaired) electrons. The number of anilines is 1. The summed E-state index contributed by atoms with van der Waals surface area (Å²) in [7, 11) is 0. The summed E-state index contributed by atoms with van der Waals surface area (Å²) in [6.07, 6.45) is 3.18. The standard InChI is InChI=1S/C17H19ClN4O5/c1-10-4-2-3-7-17(10)15(24)21(16(25)20-17)9-14(23)19-12-6-5-11(18)8-13(12)22(26)27/h5-6,8,10H,2-4,7,9H2,1H3,(H,19,23)(H,20,25). The van der Waals surface area contributed by atoms with Gasteiger partial charge in [0.15, 0.2) is 0 Å². The number of nitro groups is 1. The maximum absolute atomic E-state index is 12.8. The molecule has 1 saturated carbocycles. The van der Waals surface area contributed by atoms with Crippen LogP contribution in [0.5, 0.6) is 0 Å². The van der Waals surface area contributed by atoms with Gasteiger partial charge in [0, 0.05) is 11.1 Å². The number of halogens is 1. The minimum atomic E-state index is -0.956. The molecule has 1 aliphatic heterocycles. The van der Waals surface area contributed by atoms with E-state index in [2.05, 4.69) is 10.6 Å². The fourth-order valence-corrected chi connectivity index (χ4v) is 3.90. The van der Waals surface area contributed by atoms with Gasteiger partial charge in [-0.3, -0.25) is 24.6 Å². The predicted octanol–water partition coefficient (Wildman–Crippen LogP) is 2.69. The summed E-state index contributed by atoms with van der Waals surface area (Å²) >= 11 is 5.75. The zero-order valence-corrected chi connectivity index (χ0v) is 15.4. The number of rotatable bonds is 4. The van der Waals surface area contributed by atoms with Gasteiger partial charge in [0.05, 0.1) is 4.92 Å². The van der Waals surface area contributed by atoms with E-state index in [1.54, 1.807) is 0 Å². The molecule has 1 heterocycles. The van der Waals surface area contributed by atoms with Crippen molar-refractivity contribution in [1.29, 1.82) is 0 Å². The highest BCUT2D eigenvalue weighted by Gasteiger charge is 2.55. The quantitative estimate of drug-likeness (QED) is 0.462. The number of amides is 4. The van der Waals surface area contributed by atoms with Crippen LogP contribution in [0, 0.1) is 16.0 Å². The van der Waals surface area contributed by atoms with Gasteiger partial charge >= 0.3 is 6.03 Å². The molecule has 2 atom stereocenters. The Kier molecular flexibility index (Phi) is 5.05. The monoisotopic (exact) mass is 394 g/mol. The van der Waals surface area contributed by atoms with Crippen molar-refractivity contribution in [2.45, 2.75) is 38.1 Å². The van der Waals surface area contributed by atoms with Gasteiger partial charge in [-0.15, -0.1) is 0 Å². The van der Waals surface area contributed by atoms with E-state index in [1.165, 1.54) is 12.1 Å². The Hall–Kier alpha value is -2.68. The number of carbonyl (C=O) groups excluding carboxylic acids is 3. The van der Waals surface area contributed by atoms with Crippen LogP contribution in [0.1, 0.15) is 32.6 Å². The number of nitrogens with zero attached hydrogens (tertiary/aromatic N) is 2. The van der Waals surface area contributed by atoms with Crippen LogP contribution in [0.25, 0.3) is 0 Å². The van der Waals surface area contributed by atoms with Crippen molar-refractivity contribution >= 4 is 40.8 Å². The molecule has 144 valence electrons. The SMILES string of the molecule is CC1CCCCC12NC(=O)N(CC(=O)Nc1ccc(Cl)cc1[N+](=O)[O-])C2=O. The van der Waals surface area contributed by atoms with E-state index in [0.29, 0.717) is 6.42 Å². The summed E-state index contributed by atoms with van der Waals surface area (Å²) in [4.78, 5) is 48.8. The van der Waals surface area contributed by atoms with E-state index in [4.69, 9.17) is 11.6 Å². The lowest BCUT2D eigenvalue weighted by atomic mass is 9.73. The van der Waals surface area contributed by atoms with Crippen molar-refractivity contribution in [3.8, 4) is 0 Å². The molecule has 27 heavy (non-hydrogen) atoms. The van der Waals surface area contributed by atoms with Crippen LogP contribution in [-0.4, -0.2) is 39.8 Å². The number of imide groups is 1. The second-order valence-corrected chi connectivity index (χ2v) is 7.34. The first kappa shape index (κ1) is 19.1. The number of hydrogen-bond acceptors (Lipinski definition) is 5. The van der Waals surface area contributed by atoms with E-state index in [0.717, 1.165) is 30.2 Å². The lowest BCUT2D eigenvalue weighted by Crippen LogP contribution is -2.54. The van der Waals surface area contributed by atoms with Crippen LogP contribution in [-0.2, 0) is 9.59 Å². The third kappa shape index (κ3) is 3.46. The van der Waals surface area contributed by atoms with E-state index in [-0.39, 0.29) is 22.3 Å². The van der Waals surface area contributed by atoms with Crippen LogP contribution in [0.2, 0.25) is 5.02 Å². The van der Waals surface area contributed by atoms with E-state index in [9.17, 15) is 24.5 Å². The van der Waals surface area contributed by atoms with Gasteiger partial charge < -0.3 is 10.6 Å². The van der Waals surface area contributed by atoms with Crippen LogP contribution in [0.4, 0.5) is 16.2 Å². The average molecular weight is 395 g/mol. The smallest absolute Gasteiger partial charge is 0.323 e. The summed E-state index contributed by atoms with van der Waals surface area (Å²) in [6, 6.07) is 3.20. The summed E-state index contributed by atoms with van der Waals surface area (Å²) in [6.45, 7) is 1.40. The number of hydrogen-bond donors (Lipinski definition) is 2. The molecule has 2 fully saturated rings. The van der Waals surface area contributed by atoms with E-state index < -0.39 is 34.9 Å². The molecule has 2 unspecified atom stereocenters. The summed E-state index contributed by atoms with van der Waals surface area (Å²) in [5.74, 6) is -1.14. The second-order valence-electron chi connectivity index (χ2n) is 6.91. The minimum Gasteiger partial charge on any atom is -0.323 e. The minimum absolute atomic E-state index is 0.0203. The number of benzene rings is 1. The highest BCUT2D eigenvalue weighted by molar-refractivity contribution is 6.31. The first-order valence-corrected chi connectivity index (χ1v) is 9.00. The fraction of sp³-hybridized carbons (Fsp3) is 0.471. The van der Waals surface area contributed by atoms with Crippen molar-refractivity contribution in [3.05, 3.63) is 33.3 Å². The molecule has 1 aromatic rings. The highest BCUT2D eigenvalue weighted by atomic mass is 35.5. The first-order chi connectivity index (χ1) is 12.7. The molecule has 9 nitrogen and oxygen atoms in total. The summed E-state index contributed by atoms with van der Waals surface area (Å²) in [5.41, 5.74) is -1.38. The molecule has 2 N–H and O–H groups in total. The maximum atomic E-state index is 12.8. The Morgan fingerprint density at radius 3 is 2.85 bits per heavy atom. The van der Waals surface area contributed by atoms with Crippen molar-refractivity contribution < 1.29 is 19.3 Å². The van der Waals surface area contributed by atoms with Crippen LogP contribution in [0.15, 0.2) is 18.2 Å². The summed E-state index contributed by atoms with van der Waals surface area (Å²) in [5, 5.41) is 16.4. The molecule has 1 aliphatic carbocycles. The molecule has 4 amide bonds. The van der Waals surface area contributed by atoms with Crippen molar-refractivity contribution in [1.82, 2.24) is 10.2 Å².